The van der Waals surface area contributed by atoms with Gasteiger partial charge < -0.3 is 19.9 Å². The third kappa shape index (κ3) is 4.78. The Morgan fingerprint density at radius 2 is 2.00 bits per heavy atom. The minimum Gasteiger partial charge on any atom is -0.497 e. The molecule has 0 aliphatic heterocycles. The van der Waals surface area contributed by atoms with E-state index in [4.69, 9.17) is 14.6 Å². The van der Waals surface area contributed by atoms with Gasteiger partial charge in [0.2, 0.25) is 0 Å². The fourth-order valence-corrected chi connectivity index (χ4v) is 2.66. The first-order chi connectivity index (χ1) is 13.0. The van der Waals surface area contributed by atoms with Crippen molar-refractivity contribution >= 4 is 17.6 Å². The van der Waals surface area contributed by atoms with Crippen molar-refractivity contribution in [3.8, 4) is 11.5 Å². The Labute approximate surface area is 158 Å². The van der Waals surface area contributed by atoms with E-state index in [-0.39, 0.29) is 5.91 Å². The first-order valence-corrected chi connectivity index (χ1v) is 8.93. The summed E-state index contributed by atoms with van der Waals surface area (Å²) in [6.45, 7) is 2.19. The first kappa shape index (κ1) is 18.8. The molecule has 0 bridgehead atoms. The Kier molecular flexibility index (Phi) is 5.64. The van der Waals surface area contributed by atoms with Gasteiger partial charge in [0.15, 0.2) is 0 Å². The minimum absolute atomic E-state index is 0.316. The number of methoxy groups -OCH3 is 1. The lowest BCUT2D eigenvalue weighted by atomic mass is 10.0. The summed E-state index contributed by atoms with van der Waals surface area (Å²) in [5.74, 6) is -0.224. The smallest absolute Gasteiger partial charge is 0.310 e. The molecule has 1 saturated carbocycles. The van der Waals surface area contributed by atoms with Gasteiger partial charge in [0.1, 0.15) is 11.5 Å². The van der Waals surface area contributed by atoms with Crippen molar-refractivity contribution in [3.05, 3.63) is 53.6 Å². The standard InChI is InChI=1S/C21H23NO5/c1-13(21(24)25)15-4-3-5-16(10-15)22-20(23)18-9-8-17(26-2)11-19(18)27-12-14-6-7-14/h3-5,8-11,13-14H,6-7,12H2,1-2H3,(H,22,23)(H,24,25). The number of carbonyl (C=O) groups is 2. The van der Waals surface area contributed by atoms with Crippen LogP contribution in [0.25, 0.3) is 0 Å². The number of carboxylic acids is 1. The van der Waals surface area contributed by atoms with Crippen LogP contribution in [0.2, 0.25) is 0 Å². The highest BCUT2D eigenvalue weighted by Crippen LogP contribution is 2.32. The van der Waals surface area contributed by atoms with Crippen LogP contribution >= 0.6 is 0 Å². The summed E-state index contributed by atoms with van der Waals surface area (Å²) in [4.78, 5) is 23.9. The molecule has 3 rings (SSSR count). The molecule has 1 aliphatic carbocycles. The Bertz CT molecular complexity index is 844. The van der Waals surface area contributed by atoms with E-state index in [0.29, 0.717) is 40.8 Å². The molecule has 2 aromatic rings. The topological polar surface area (TPSA) is 84.9 Å². The number of ether oxygens (including phenoxy) is 2. The largest absolute Gasteiger partial charge is 0.497 e. The Morgan fingerprint density at radius 1 is 1.22 bits per heavy atom. The van der Waals surface area contributed by atoms with Crippen LogP contribution in [0.1, 0.15) is 41.6 Å². The lowest BCUT2D eigenvalue weighted by Gasteiger charge is -2.14. The van der Waals surface area contributed by atoms with Crippen LogP contribution < -0.4 is 14.8 Å². The van der Waals surface area contributed by atoms with E-state index < -0.39 is 11.9 Å². The van der Waals surface area contributed by atoms with Gasteiger partial charge in [-0.3, -0.25) is 9.59 Å². The van der Waals surface area contributed by atoms with Crippen molar-refractivity contribution in [2.75, 3.05) is 19.0 Å². The molecule has 6 heteroatoms. The van der Waals surface area contributed by atoms with E-state index in [9.17, 15) is 9.59 Å². The van der Waals surface area contributed by atoms with Crippen LogP contribution in [0.15, 0.2) is 42.5 Å². The Morgan fingerprint density at radius 3 is 2.67 bits per heavy atom. The number of hydrogen-bond acceptors (Lipinski definition) is 4. The summed E-state index contributed by atoms with van der Waals surface area (Å²) in [7, 11) is 1.56. The molecular weight excluding hydrogens is 346 g/mol. The Hall–Kier alpha value is -3.02. The second-order valence-electron chi connectivity index (χ2n) is 6.76. The fourth-order valence-electron chi connectivity index (χ4n) is 2.66. The number of aliphatic carboxylic acids is 1. The van der Waals surface area contributed by atoms with Gasteiger partial charge in [-0.25, -0.2) is 0 Å². The van der Waals surface area contributed by atoms with E-state index >= 15 is 0 Å². The van der Waals surface area contributed by atoms with Gasteiger partial charge in [-0.1, -0.05) is 12.1 Å². The molecule has 0 spiro atoms. The molecule has 0 saturated heterocycles. The zero-order chi connectivity index (χ0) is 19.4. The molecule has 2 N–H and O–H groups in total. The van der Waals surface area contributed by atoms with Gasteiger partial charge in [0, 0.05) is 11.8 Å². The van der Waals surface area contributed by atoms with Gasteiger partial charge in [-0.05, 0) is 55.5 Å². The van der Waals surface area contributed by atoms with Crippen molar-refractivity contribution in [2.45, 2.75) is 25.7 Å². The summed E-state index contributed by atoms with van der Waals surface area (Å²) in [5, 5.41) is 12.0. The predicted octanol–water partition coefficient (Wildman–Crippen LogP) is 3.92. The molecule has 2 aromatic carbocycles. The van der Waals surface area contributed by atoms with E-state index in [1.54, 1.807) is 56.5 Å². The number of carboxylic acid groups (broad SMARTS) is 1. The number of benzene rings is 2. The first-order valence-electron chi connectivity index (χ1n) is 8.93. The fraction of sp³-hybridized carbons (Fsp3) is 0.333. The van der Waals surface area contributed by atoms with Gasteiger partial charge in [-0.2, -0.15) is 0 Å². The number of hydrogen-bond donors (Lipinski definition) is 2. The van der Waals surface area contributed by atoms with Crippen molar-refractivity contribution in [2.24, 2.45) is 5.92 Å². The van der Waals surface area contributed by atoms with Crippen molar-refractivity contribution in [1.82, 2.24) is 0 Å². The number of amides is 1. The molecule has 1 fully saturated rings. The maximum absolute atomic E-state index is 12.8. The number of anilines is 1. The van der Waals surface area contributed by atoms with Crippen LogP contribution in [0.3, 0.4) is 0 Å². The van der Waals surface area contributed by atoms with Gasteiger partial charge >= 0.3 is 5.97 Å². The molecule has 1 amide bonds. The van der Waals surface area contributed by atoms with Gasteiger partial charge in [-0.15, -0.1) is 0 Å². The van der Waals surface area contributed by atoms with Crippen molar-refractivity contribution < 1.29 is 24.2 Å². The average molecular weight is 369 g/mol. The third-order valence-corrected chi connectivity index (χ3v) is 4.62. The van der Waals surface area contributed by atoms with Crippen LogP contribution in [-0.4, -0.2) is 30.7 Å². The lowest BCUT2D eigenvalue weighted by Crippen LogP contribution is -2.15. The van der Waals surface area contributed by atoms with E-state index in [1.807, 2.05) is 0 Å². The molecule has 1 unspecified atom stereocenters. The molecular formula is C21H23NO5. The van der Waals surface area contributed by atoms with Crippen LogP contribution in [0.5, 0.6) is 11.5 Å². The number of nitrogens with one attached hydrogen (secondary N) is 1. The molecule has 27 heavy (non-hydrogen) atoms. The molecule has 0 aromatic heterocycles. The lowest BCUT2D eigenvalue weighted by molar-refractivity contribution is -0.138. The minimum atomic E-state index is -0.913. The van der Waals surface area contributed by atoms with Crippen molar-refractivity contribution in [3.63, 3.8) is 0 Å². The second-order valence-corrected chi connectivity index (χ2v) is 6.76. The second kappa shape index (κ2) is 8.12. The zero-order valence-electron chi connectivity index (χ0n) is 15.4. The maximum atomic E-state index is 12.8. The van der Waals surface area contributed by atoms with E-state index in [2.05, 4.69) is 5.32 Å². The SMILES string of the molecule is COc1ccc(C(=O)Nc2cccc(C(C)C(=O)O)c2)c(OCC2CC2)c1. The molecule has 1 atom stereocenters. The van der Waals surface area contributed by atoms with E-state index in [1.165, 1.54) is 0 Å². The molecule has 142 valence electrons. The number of rotatable bonds is 8. The monoisotopic (exact) mass is 369 g/mol. The van der Waals surface area contributed by atoms with Crippen LogP contribution in [-0.2, 0) is 4.79 Å². The average Bonchev–Trinajstić information content (AvgIpc) is 3.50. The van der Waals surface area contributed by atoms with Gasteiger partial charge in [0.25, 0.3) is 5.91 Å². The van der Waals surface area contributed by atoms with Crippen molar-refractivity contribution in [1.29, 1.82) is 0 Å². The molecule has 0 radical (unpaired) electrons. The highest BCUT2D eigenvalue weighted by molar-refractivity contribution is 6.06. The van der Waals surface area contributed by atoms with Crippen LogP contribution in [0.4, 0.5) is 5.69 Å². The Balaban J connectivity index is 1.79. The van der Waals surface area contributed by atoms with Crippen LogP contribution in [0, 0.1) is 5.92 Å². The van der Waals surface area contributed by atoms with E-state index in [0.717, 1.165) is 12.8 Å². The zero-order valence-corrected chi connectivity index (χ0v) is 15.4. The molecule has 6 nitrogen and oxygen atoms in total. The summed E-state index contributed by atoms with van der Waals surface area (Å²) < 4.78 is 11.1. The summed E-state index contributed by atoms with van der Waals surface area (Å²) in [6, 6.07) is 11.9. The summed E-state index contributed by atoms with van der Waals surface area (Å²) in [5.41, 5.74) is 1.57. The highest BCUT2D eigenvalue weighted by atomic mass is 16.5. The molecule has 0 heterocycles. The number of carbonyl (C=O) groups excluding carboxylic acids is 1. The maximum Gasteiger partial charge on any atom is 0.310 e. The normalized spacial score (nSPS) is 14.3. The van der Waals surface area contributed by atoms with Gasteiger partial charge in [0.05, 0.1) is 25.2 Å². The summed E-state index contributed by atoms with van der Waals surface area (Å²) >= 11 is 0. The quantitative estimate of drug-likeness (QED) is 0.737. The highest BCUT2D eigenvalue weighted by Gasteiger charge is 2.23. The predicted molar refractivity (Wildman–Crippen MR) is 102 cm³/mol. The third-order valence-electron chi connectivity index (χ3n) is 4.62. The molecule has 1 aliphatic rings. The summed E-state index contributed by atoms with van der Waals surface area (Å²) in [6.07, 6.45) is 2.31.